The fourth-order valence-electron chi connectivity index (χ4n) is 2.60. The molecular formula is C19H21N5OS. The van der Waals surface area contributed by atoms with Gasteiger partial charge in [0.05, 0.1) is 11.8 Å². The van der Waals surface area contributed by atoms with E-state index in [9.17, 15) is 4.79 Å². The van der Waals surface area contributed by atoms with Crippen LogP contribution in [0.4, 0.5) is 0 Å². The summed E-state index contributed by atoms with van der Waals surface area (Å²) in [5.41, 5.74) is 1.86. The molecule has 2 aromatic heterocycles. The number of hydrogen-bond donors (Lipinski definition) is 1. The summed E-state index contributed by atoms with van der Waals surface area (Å²) in [6, 6.07) is 15.6. The summed E-state index contributed by atoms with van der Waals surface area (Å²) in [6.45, 7) is 4.71. The minimum atomic E-state index is -0.0311. The molecule has 7 heteroatoms. The van der Waals surface area contributed by atoms with Gasteiger partial charge in [-0.25, -0.2) is 0 Å². The van der Waals surface area contributed by atoms with Crippen LogP contribution in [0.15, 0.2) is 59.9 Å². The van der Waals surface area contributed by atoms with Crippen LogP contribution in [0.2, 0.25) is 0 Å². The van der Waals surface area contributed by atoms with E-state index < -0.39 is 0 Å². The molecule has 6 nitrogen and oxygen atoms in total. The van der Waals surface area contributed by atoms with Gasteiger partial charge in [-0.15, -0.1) is 10.2 Å². The number of nitrogens with zero attached hydrogens (tertiary/aromatic N) is 4. The normalized spacial score (nSPS) is 11.9. The third-order valence-corrected chi connectivity index (χ3v) is 4.90. The fraction of sp³-hybridized carbons (Fsp3) is 0.263. The van der Waals surface area contributed by atoms with E-state index in [0.29, 0.717) is 12.4 Å². The van der Waals surface area contributed by atoms with Crippen LogP contribution in [0.5, 0.6) is 0 Å². The van der Waals surface area contributed by atoms with Crippen LogP contribution >= 0.6 is 11.8 Å². The predicted octanol–water partition coefficient (Wildman–Crippen LogP) is 3.33. The van der Waals surface area contributed by atoms with Crippen molar-refractivity contribution in [2.24, 2.45) is 0 Å². The molecule has 0 aliphatic heterocycles. The lowest BCUT2D eigenvalue weighted by molar-refractivity contribution is -0.119. The molecule has 0 saturated carbocycles. The average Bonchev–Trinajstić information content (AvgIpc) is 3.10. The van der Waals surface area contributed by atoms with Gasteiger partial charge >= 0.3 is 0 Å². The van der Waals surface area contributed by atoms with Crippen LogP contribution in [0.25, 0.3) is 11.5 Å². The molecule has 134 valence electrons. The summed E-state index contributed by atoms with van der Waals surface area (Å²) in [6.07, 6.45) is 1.73. The molecule has 1 amide bonds. The second kappa shape index (κ2) is 8.62. The van der Waals surface area contributed by atoms with Crippen molar-refractivity contribution in [2.45, 2.75) is 31.6 Å². The van der Waals surface area contributed by atoms with Crippen molar-refractivity contribution in [3.63, 3.8) is 0 Å². The maximum Gasteiger partial charge on any atom is 0.230 e. The van der Waals surface area contributed by atoms with Gasteiger partial charge in [-0.05, 0) is 31.5 Å². The van der Waals surface area contributed by atoms with Crippen molar-refractivity contribution in [3.8, 4) is 11.5 Å². The van der Waals surface area contributed by atoms with E-state index in [1.54, 1.807) is 6.20 Å². The molecule has 0 spiro atoms. The van der Waals surface area contributed by atoms with E-state index in [1.807, 2.05) is 66.9 Å². The topological polar surface area (TPSA) is 72.7 Å². The van der Waals surface area contributed by atoms with Crippen molar-refractivity contribution in [1.29, 1.82) is 0 Å². The Balaban J connectivity index is 1.63. The highest BCUT2D eigenvalue weighted by Gasteiger charge is 2.16. The number of carbonyl (C=O) groups excluding carboxylic acids is 1. The molecule has 2 heterocycles. The van der Waals surface area contributed by atoms with Crippen molar-refractivity contribution in [1.82, 2.24) is 25.1 Å². The van der Waals surface area contributed by atoms with Crippen LogP contribution < -0.4 is 5.32 Å². The van der Waals surface area contributed by atoms with Crippen LogP contribution in [0.3, 0.4) is 0 Å². The number of nitrogens with one attached hydrogen (secondary N) is 1. The number of benzene rings is 1. The lowest BCUT2D eigenvalue weighted by atomic mass is 10.1. The Bertz CT molecular complexity index is 851. The minimum Gasteiger partial charge on any atom is -0.349 e. The molecule has 0 fully saturated rings. The molecule has 0 radical (unpaired) electrons. The lowest BCUT2D eigenvalue weighted by Gasteiger charge is -2.14. The summed E-state index contributed by atoms with van der Waals surface area (Å²) < 4.78 is 1.97. The van der Waals surface area contributed by atoms with Crippen LogP contribution in [-0.2, 0) is 11.3 Å². The highest BCUT2D eigenvalue weighted by molar-refractivity contribution is 7.99. The van der Waals surface area contributed by atoms with Gasteiger partial charge in [0.2, 0.25) is 5.91 Å². The minimum absolute atomic E-state index is 0.0302. The standard InChI is InChI=1S/C19H21N5OS/c1-3-24-18(16-11-7-8-12-20-16)22-23-19(24)26-13-17(25)21-14(2)15-9-5-4-6-10-15/h4-12,14H,3,13H2,1-2H3,(H,21,25). The molecule has 3 aromatic rings. The van der Waals surface area contributed by atoms with Crippen LogP contribution in [0.1, 0.15) is 25.5 Å². The number of rotatable bonds is 7. The Morgan fingerprint density at radius 3 is 2.62 bits per heavy atom. The molecule has 0 aliphatic rings. The first-order valence-electron chi connectivity index (χ1n) is 8.50. The Hall–Kier alpha value is -2.67. The summed E-state index contributed by atoms with van der Waals surface area (Å²) in [5, 5.41) is 12.2. The van der Waals surface area contributed by atoms with Gasteiger partial charge in [0.15, 0.2) is 11.0 Å². The maximum absolute atomic E-state index is 12.3. The van der Waals surface area contributed by atoms with E-state index in [2.05, 4.69) is 20.5 Å². The van der Waals surface area contributed by atoms with Crippen molar-refractivity contribution < 1.29 is 4.79 Å². The van der Waals surface area contributed by atoms with E-state index in [1.165, 1.54) is 11.8 Å². The SMILES string of the molecule is CCn1c(SCC(=O)NC(C)c2ccccc2)nnc1-c1ccccn1. The summed E-state index contributed by atoms with van der Waals surface area (Å²) in [5.74, 6) is 0.974. The summed E-state index contributed by atoms with van der Waals surface area (Å²) in [4.78, 5) is 16.6. The lowest BCUT2D eigenvalue weighted by Crippen LogP contribution is -2.28. The fourth-order valence-corrected chi connectivity index (χ4v) is 3.42. The zero-order valence-corrected chi connectivity index (χ0v) is 15.6. The van der Waals surface area contributed by atoms with Gasteiger partial charge in [-0.3, -0.25) is 9.78 Å². The first kappa shape index (κ1) is 18.1. The molecule has 0 bridgehead atoms. The third-order valence-electron chi connectivity index (χ3n) is 3.94. The number of pyridine rings is 1. The number of thioether (sulfide) groups is 1. The Labute approximate surface area is 157 Å². The zero-order valence-electron chi connectivity index (χ0n) is 14.8. The Morgan fingerprint density at radius 1 is 1.15 bits per heavy atom. The quantitative estimate of drug-likeness (QED) is 0.649. The zero-order chi connectivity index (χ0) is 18.4. The van der Waals surface area contributed by atoms with Gasteiger partial charge < -0.3 is 9.88 Å². The number of carbonyl (C=O) groups is 1. The molecule has 1 unspecified atom stereocenters. The predicted molar refractivity (Wildman–Crippen MR) is 103 cm³/mol. The monoisotopic (exact) mass is 367 g/mol. The first-order valence-corrected chi connectivity index (χ1v) is 9.49. The van der Waals surface area contributed by atoms with Gasteiger partial charge in [0.1, 0.15) is 5.69 Å². The Kier molecular flexibility index (Phi) is 6.01. The van der Waals surface area contributed by atoms with Gasteiger partial charge in [0, 0.05) is 12.7 Å². The number of aromatic nitrogens is 4. The van der Waals surface area contributed by atoms with Gasteiger partial charge in [0.25, 0.3) is 0 Å². The Morgan fingerprint density at radius 2 is 1.92 bits per heavy atom. The van der Waals surface area contributed by atoms with Gasteiger partial charge in [-0.2, -0.15) is 0 Å². The van der Waals surface area contributed by atoms with Crippen molar-refractivity contribution in [2.75, 3.05) is 5.75 Å². The number of hydrogen-bond acceptors (Lipinski definition) is 5. The second-order valence-corrected chi connectivity index (χ2v) is 6.70. The summed E-state index contributed by atoms with van der Waals surface area (Å²) >= 11 is 1.38. The summed E-state index contributed by atoms with van der Waals surface area (Å²) in [7, 11) is 0. The molecule has 3 rings (SSSR count). The van der Waals surface area contributed by atoms with Gasteiger partial charge in [-0.1, -0.05) is 48.2 Å². The third kappa shape index (κ3) is 4.29. The smallest absolute Gasteiger partial charge is 0.230 e. The molecule has 26 heavy (non-hydrogen) atoms. The van der Waals surface area contributed by atoms with E-state index in [0.717, 1.165) is 16.4 Å². The molecule has 1 aromatic carbocycles. The maximum atomic E-state index is 12.3. The highest BCUT2D eigenvalue weighted by atomic mass is 32.2. The molecule has 0 saturated heterocycles. The first-order chi connectivity index (χ1) is 12.7. The van der Waals surface area contributed by atoms with E-state index in [4.69, 9.17) is 0 Å². The van der Waals surface area contributed by atoms with E-state index in [-0.39, 0.29) is 17.7 Å². The van der Waals surface area contributed by atoms with E-state index >= 15 is 0 Å². The largest absolute Gasteiger partial charge is 0.349 e. The number of amides is 1. The molecule has 1 N–H and O–H groups in total. The van der Waals surface area contributed by atoms with Crippen LogP contribution in [0, 0.1) is 0 Å². The van der Waals surface area contributed by atoms with Crippen molar-refractivity contribution in [3.05, 3.63) is 60.3 Å². The second-order valence-electron chi connectivity index (χ2n) is 5.75. The van der Waals surface area contributed by atoms with Crippen LogP contribution in [-0.4, -0.2) is 31.4 Å². The molecule has 1 atom stereocenters. The highest BCUT2D eigenvalue weighted by Crippen LogP contribution is 2.22. The van der Waals surface area contributed by atoms with Crippen molar-refractivity contribution >= 4 is 17.7 Å². The molecule has 0 aliphatic carbocycles. The molecular weight excluding hydrogens is 346 g/mol. The average molecular weight is 367 g/mol.